The first-order valence-corrected chi connectivity index (χ1v) is 18.3. The number of aromatic nitrogens is 2. The van der Waals surface area contributed by atoms with Crippen molar-refractivity contribution in [1.29, 1.82) is 0 Å². The van der Waals surface area contributed by atoms with Crippen LogP contribution in [0.25, 0.3) is 45.2 Å². The number of hydrogen-bond acceptors (Lipinski definition) is 7. The second-order valence-corrected chi connectivity index (χ2v) is 15.9. The number of fused-ring (bicyclic) bond motifs is 6. The summed E-state index contributed by atoms with van der Waals surface area (Å²) in [7, 11) is -6.81. The standard InChI is InChI=1S/C38H24N2O5P2/c41-46(35-15-7-3-11-31(35)29-9-1-5-13-33(29)44-46)27-21-17-25(18-22-27)37-39-40-38(43-37)26-19-23-28(24-20-26)47(42)36-16-8-4-12-32(36)30-10-2-6-14-34(30)45-47/h1-24H. The molecule has 2 unspecified atom stereocenters. The van der Waals surface area contributed by atoms with Crippen LogP contribution in [0.1, 0.15) is 0 Å². The molecule has 7 nitrogen and oxygen atoms in total. The quantitative estimate of drug-likeness (QED) is 0.179. The molecule has 0 aliphatic carbocycles. The van der Waals surface area contributed by atoms with Crippen molar-refractivity contribution in [2.75, 3.05) is 0 Å². The molecular formula is C38H24N2O5P2. The Kier molecular flexibility index (Phi) is 6.23. The average molecular weight is 651 g/mol. The normalized spacial score (nSPS) is 18.9. The molecule has 0 saturated heterocycles. The van der Waals surface area contributed by atoms with Crippen LogP contribution >= 0.6 is 14.7 Å². The fourth-order valence-corrected chi connectivity index (χ4v) is 10.8. The van der Waals surface area contributed by atoms with Gasteiger partial charge in [-0.1, -0.05) is 72.8 Å². The van der Waals surface area contributed by atoms with Gasteiger partial charge in [-0.3, -0.25) is 9.13 Å². The van der Waals surface area contributed by atoms with Crippen molar-refractivity contribution in [3.63, 3.8) is 0 Å². The van der Waals surface area contributed by atoms with E-state index in [-0.39, 0.29) is 0 Å². The molecule has 226 valence electrons. The Labute approximate surface area is 270 Å². The molecule has 7 aromatic rings. The van der Waals surface area contributed by atoms with Crippen molar-refractivity contribution < 1.29 is 22.6 Å². The third kappa shape index (κ3) is 4.35. The minimum Gasteiger partial charge on any atom is -0.436 e. The van der Waals surface area contributed by atoms with Gasteiger partial charge in [0.15, 0.2) is 0 Å². The van der Waals surface area contributed by atoms with E-state index in [0.717, 1.165) is 22.3 Å². The second-order valence-electron chi connectivity index (χ2n) is 11.3. The van der Waals surface area contributed by atoms with Crippen molar-refractivity contribution >= 4 is 36.0 Å². The highest BCUT2D eigenvalue weighted by atomic mass is 31.2. The highest BCUT2D eigenvalue weighted by Crippen LogP contribution is 2.55. The molecule has 0 radical (unpaired) electrons. The van der Waals surface area contributed by atoms with Crippen LogP contribution in [-0.4, -0.2) is 10.2 Å². The molecule has 6 aromatic carbocycles. The molecule has 0 N–H and O–H groups in total. The molecule has 0 fully saturated rings. The van der Waals surface area contributed by atoms with Crippen LogP contribution in [0.3, 0.4) is 0 Å². The summed E-state index contributed by atoms with van der Waals surface area (Å²) < 4.78 is 47.4. The zero-order chi connectivity index (χ0) is 31.6. The molecule has 47 heavy (non-hydrogen) atoms. The molecule has 1 aromatic heterocycles. The lowest BCUT2D eigenvalue weighted by Crippen LogP contribution is -2.25. The fraction of sp³-hybridized carbons (Fsp3) is 0. The summed E-state index contributed by atoms with van der Waals surface area (Å²) in [5, 5.41) is 11.0. The highest BCUT2D eigenvalue weighted by Gasteiger charge is 2.39. The molecule has 2 aliphatic rings. The monoisotopic (exact) mass is 650 g/mol. The predicted molar refractivity (Wildman–Crippen MR) is 184 cm³/mol. The van der Waals surface area contributed by atoms with Crippen LogP contribution < -0.4 is 30.3 Å². The van der Waals surface area contributed by atoms with E-state index < -0.39 is 14.7 Å². The lowest BCUT2D eigenvalue weighted by atomic mass is 10.0. The molecule has 2 aliphatic heterocycles. The largest absolute Gasteiger partial charge is 0.436 e. The van der Waals surface area contributed by atoms with Crippen molar-refractivity contribution in [3.8, 4) is 56.7 Å². The first-order valence-electron chi connectivity index (χ1n) is 15.0. The van der Waals surface area contributed by atoms with Gasteiger partial charge in [-0.05, 0) is 83.9 Å². The van der Waals surface area contributed by atoms with Crippen LogP contribution in [0.5, 0.6) is 11.5 Å². The number of rotatable bonds is 4. The summed E-state index contributed by atoms with van der Waals surface area (Å²) in [6.45, 7) is 0. The van der Waals surface area contributed by atoms with Gasteiger partial charge < -0.3 is 13.5 Å². The van der Waals surface area contributed by atoms with Crippen LogP contribution in [0.2, 0.25) is 0 Å². The number of para-hydroxylation sites is 2. The van der Waals surface area contributed by atoms with Crippen molar-refractivity contribution in [1.82, 2.24) is 10.2 Å². The van der Waals surface area contributed by atoms with E-state index in [0.29, 0.717) is 55.6 Å². The van der Waals surface area contributed by atoms with Gasteiger partial charge in [0, 0.05) is 22.3 Å². The highest BCUT2D eigenvalue weighted by molar-refractivity contribution is 7.75. The lowest BCUT2D eigenvalue weighted by Gasteiger charge is -2.28. The maximum atomic E-state index is 14.4. The van der Waals surface area contributed by atoms with Crippen molar-refractivity contribution in [3.05, 3.63) is 146 Å². The zero-order valence-electron chi connectivity index (χ0n) is 24.7. The third-order valence-corrected chi connectivity index (χ3v) is 13.5. The Morgan fingerprint density at radius 1 is 0.404 bits per heavy atom. The van der Waals surface area contributed by atoms with E-state index in [4.69, 9.17) is 13.5 Å². The van der Waals surface area contributed by atoms with Gasteiger partial charge in [-0.2, -0.15) is 0 Å². The maximum Gasteiger partial charge on any atom is 0.307 e. The summed E-state index contributed by atoms with van der Waals surface area (Å²) in [4.78, 5) is 0. The molecule has 0 saturated carbocycles. The van der Waals surface area contributed by atoms with E-state index >= 15 is 0 Å². The van der Waals surface area contributed by atoms with Gasteiger partial charge in [0.1, 0.15) is 11.5 Å². The summed E-state index contributed by atoms with van der Waals surface area (Å²) in [6, 6.07) is 45.0. The van der Waals surface area contributed by atoms with E-state index in [1.165, 1.54) is 0 Å². The Balaban J connectivity index is 0.999. The molecule has 9 heteroatoms. The van der Waals surface area contributed by atoms with Crippen molar-refractivity contribution in [2.24, 2.45) is 0 Å². The maximum absolute atomic E-state index is 14.4. The van der Waals surface area contributed by atoms with E-state index in [1.54, 1.807) is 24.3 Å². The lowest BCUT2D eigenvalue weighted by molar-refractivity contribution is 0.500. The molecule has 2 atom stereocenters. The summed E-state index contributed by atoms with van der Waals surface area (Å²) in [5.41, 5.74) is 5.01. The first kappa shape index (κ1) is 27.8. The number of hydrogen-bond donors (Lipinski definition) is 0. The fourth-order valence-electron chi connectivity index (χ4n) is 6.27. The molecule has 0 bridgehead atoms. The van der Waals surface area contributed by atoms with Crippen LogP contribution in [0.15, 0.2) is 150 Å². The van der Waals surface area contributed by atoms with E-state index in [1.807, 2.05) is 121 Å². The van der Waals surface area contributed by atoms with Gasteiger partial charge in [0.2, 0.25) is 11.8 Å². The Morgan fingerprint density at radius 2 is 0.766 bits per heavy atom. The van der Waals surface area contributed by atoms with Crippen LogP contribution in [0, 0.1) is 0 Å². The molecule has 9 rings (SSSR count). The summed E-state index contributed by atoms with van der Waals surface area (Å²) in [6.07, 6.45) is 0. The molecular weight excluding hydrogens is 626 g/mol. The Bertz CT molecular complexity index is 2270. The van der Waals surface area contributed by atoms with Gasteiger partial charge in [-0.15, -0.1) is 10.2 Å². The van der Waals surface area contributed by atoms with Gasteiger partial charge in [0.05, 0.1) is 21.2 Å². The summed E-state index contributed by atoms with van der Waals surface area (Å²) in [5.74, 6) is 1.83. The van der Waals surface area contributed by atoms with Gasteiger partial charge in [0.25, 0.3) is 0 Å². The predicted octanol–water partition coefficient (Wildman–Crippen LogP) is 7.98. The van der Waals surface area contributed by atoms with Crippen LogP contribution in [-0.2, 0) is 9.13 Å². The molecule has 0 spiro atoms. The van der Waals surface area contributed by atoms with Crippen molar-refractivity contribution in [2.45, 2.75) is 0 Å². The average Bonchev–Trinajstić information content (AvgIpc) is 3.63. The zero-order valence-corrected chi connectivity index (χ0v) is 26.5. The van der Waals surface area contributed by atoms with Gasteiger partial charge in [-0.25, -0.2) is 0 Å². The van der Waals surface area contributed by atoms with Crippen LogP contribution in [0.4, 0.5) is 0 Å². The topological polar surface area (TPSA) is 91.5 Å². The van der Waals surface area contributed by atoms with Gasteiger partial charge >= 0.3 is 14.7 Å². The van der Waals surface area contributed by atoms with E-state index in [9.17, 15) is 9.13 Å². The third-order valence-electron chi connectivity index (χ3n) is 8.58. The summed E-state index contributed by atoms with van der Waals surface area (Å²) >= 11 is 0. The number of benzene rings is 6. The smallest absolute Gasteiger partial charge is 0.307 e. The SMILES string of the molecule is O=P1(c2ccc(-c3nnc(-c4ccc(P5(=O)Oc6ccccc6-c6ccccc65)cc4)o3)cc2)Oc2ccccc2-c2ccccc21. The Hall–Kier alpha value is -5.48. The Morgan fingerprint density at radius 3 is 1.19 bits per heavy atom. The molecule has 3 heterocycles. The minimum absolute atomic E-state index is 0.318. The van der Waals surface area contributed by atoms with E-state index in [2.05, 4.69) is 10.2 Å². The first-order chi connectivity index (χ1) is 23.0. The second kappa shape index (κ2) is 10.5. The minimum atomic E-state index is -3.40. The number of nitrogens with zero attached hydrogens (tertiary/aromatic N) is 2. The molecule has 0 amide bonds.